The van der Waals surface area contributed by atoms with Gasteiger partial charge in [-0.15, -0.1) is 0 Å². The fourth-order valence-corrected chi connectivity index (χ4v) is 11.1. The molecule has 20 heteroatoms. The van der Waals surface area contributed by atoms with Crippen LogP contribution < -0.4 is 42.5 Å². The van der Waals surface area contributed by atoms with E-state index in [9.17, 15) is 38.4 Å². The van der Waals surface area contributed by atoms with Crippen LogP contribution >= 0.6 is 0 Å². The summed E-state index contributed by atoms with van der Waals surface area (Å²) in [7, 11) is 3.27. The summed E-state index contributed by atoms with van der Waals surface area (Å²) in [6.45, 7) is 3.59. The predicted octanol–water partition coefficient (Wildman–Crippen LogP) is 2.41. The lowest BCUT2D eigenvalue weighted by molar-refractivity contribution is -0.144. The first-order valence-corrected chi connectivity index (χ1v) is 26.2. The maximum absolute atomic E-state index is 14.5. The molecule has 9 rings (SSSR count). The van der Waals surface area contributed by atoms with Gasteiger partial charge >= 0.3 is 12.1 Å². The van der Waals surface area contributed by atoms with Gasteiger partial charge in [0.05, 0.1) is 25.2 Å². The van der Waals surface area contributed by atoms with Crippen LogP contribution in [-0.4, -0.2) is 168 Å². The van der Waals surface area contributed by atoms with Crippen molar-refractivity contribution >= 4 is 58.9 Å². The quantitative estimate of drug-likeness (QED) is 0.117. The Morgan fingerprint density at radius 3 is 1.24 bits per heavy atom. The van der Waals surface area contributed by atoms with Gasteiger partial charge in [0.15, 0.2) is 0 Å². The summed E-state index contributed by atoms with van der Waals surface area (Å²) in [6, 6.07) is 20.0. The van der Waals surface area contributed by atoms with Crippen LogP contribution in [0.25, 0.3) is 0 Å². The number of benzene rings is 3. The molecule has 12 atom stereocenters. The molecule has 0 unspecified atom stereocenters. The van der Waals surface area contributed by atoms with Crippen molar-refractivity contribution in [2.75, 3.05) is 50.9 Å². The summed E-state index contributed by atoms with van der Waals surface area (Å²) in [5.41, 5.74) is 3.14. The number of anilines is 2. The molecule has 74 heavy (non-hydrogen) atoms. The van der Waals surface area contributed by atoms with E-state index in [0.29, 0.717) is 49.9 Å². The van der Waals surface area contributed by atoms with Crippen molar-refractivity contribution in [2.45, 2.75) is 137 Å². The van der Waals surface area contributed by atoms with Crippen LogP contribution in [0.15, 0.2) is 84.9 Å². The van der Waals surface area contributed by atoms with E-state index < -0.39 is 71.9 Å². The van der Waals surface area contributed by atoms with E-state index in [2.05, 4.69) is 66.8 Å². The Labute approximate surface area is 431 Å². The number of amides is 10. The topological polar surface area (TPSA) is 246 Å². The first kappa shape index (κ1) is 51.8. The van der Waals surface area contributed by atoms with Crippen molar-refractivity contribution in [3.63, 3.8) is 0 Å². The maximum Gasteiger partial charge on any atom is 0.321 e. The molecule has 394 valence electrons. The highest BCUT2D eigenvalue weighted by Gasteiger charge is 2.50. The Kier molecular flexibility index (Phi) is 15.8. The van der Waals surface area contributed by atoms with Crippen LogP contribution in [0.3, 0.4) is 0 Å². The second-order valence-electron chi connectivity index (χ2n) is 20.8. The lowest BCUT2D eigenvalue weighted by atomic mass is 10.1. The number of rotatable bonds is 14. The fourth-order valence-electron chi connectivity index (χ4n) is 11.1. The highest BCUT2D eigenvalue weighted by Crippen LogP contribution is 2.42. The molecule has 2 saturated carbocycles. The van der Waals surface area contributed by atoms with Crippen molar-refractivity contribution in [2.24, 2.45) is 0 Å². The Morgan fingerprint density at radius 1 is 0.500 bits per heavy atom. The second kappa shape index (κ2) is 22.6. The van der Waals surface area contributed by atoms with Gasteiger partial charge in [-0.3, -0.25) is 28.8 Å². The summed E-state index contributed by atoms with van der Waals surface area (Å²) in [5.74, 6) is -1.65. The number of nitrogens with one attached hydrogen (secondary N) is 8. The third-order valence-electron chi connectivity index (χ3n) is 15.9. The third-order valence-corrected chi connectivity index (χ3v) is 15.9. The molecule has 4 saturated heterocycles. The number of hydrogen-bond acceptors (Lipinski definition) is 10. The number of hydrogen-bond donors (Lipinski definition) is 8. The molecule has 8 N–H and O–H groups in total. The SMILES string of the molecule is CN[C@@H](C)C(=O)N[C@H]1CN(C(=O)Nc2ccc(NC(=O)N3CC[C@H]4CC[C@@H](C(=O)N[C@@H]5C[C@@H]5c5ccccc5)N4C(=O)[C@@H](NC(=O)[C@H](C)NC)C3)cc2)CC[C@H]2CC[C@@H](C(=O)N[C@@H]3C[C@@H]3c3ccccc3)N2C1=O. The molecule has 4 aliphatic heterocycles. The molecule has 0 bridgehead atoms. The minimum absolute atomic E-state index is 0.0155. The normalized spacial score (nSPS) is 28.2. The summed E-state index contributed by atoms with van der Waals surface area (Å²) >= 11 is 0. The van der Waals surface area contributed by atoms with Crippen molar-refractivity contribution in [3.8, 4) is 0 Å². The van der Waals surface area contributed by atoms with E-state index in [0.717, 1.165) is 24.0 Å². The van der Waals surface area contributed by atoms with Crippen LogP contribution in [0, 0.1) is 0 Å². The smallest absolute Gasteiger partial charge is 0.321 e. The Bertz CT molecular complexity index is 2400. The van der Waals surface area contributed by atoms with Crippen molar-refractivity contribution in [3.05, 3.63) is 96.1 Å². The molecular formula is C54H70N12O8. The highest BCUT2D eigenvalue weighted by molar-refractivity contribution is 5.97. The van der Waals surface area contributed by atoms with Crippen LogP contribution in [0.4, 0.5) is 21.0 Å². The predicted molar refractivity (Wildman–Crippen MR) is 277 cm³/mol. The molecule has 20 nitrogen and oxygen atoms in total. The molecule has 3 aromatic rings. The Balaban J connectivity index is 0.822. The maximum atomic E-state index is 14.5. The summed E-state index contributed by atoms with van der Waals surface area (Å²) < 4.78 is 0. The largest absolute Gasteiger partial charge is 0.351 e. The van der Waals surface area contributed by atoms with Gasteiger partial charge in [-0.05, 0) is 115 Å². The van der Waals surface area contributed by atoms with Gasteiger partial charge in [0, 0.05) is 60.5 Å². The minimum Gasteiger partial charge on any atom is -0.351 e. The average molecular weight is 1020 g/mol. The molecule has 10 amide bonds. The van der Waals surface area contributed by atoms with Gasteiger partial charge < -0.3 is 62.1 Å². The lowest BCUT2D eigenvalue weighted by Crippen LogP contribution is -2.62. The van der Waals surface area contributed by atoms with Crippen molar-refractivity contribution in [1.82, 2.24) is 51.5 Å². The molecule has 2 aliphatic carbocycles. The first-order valence-electron chi connectivity index (χ1n) is 26.2. The van der Waals surface area contributed by atoms with Gasteiger partial charge in [0.25, 0.3) is 0 Å². The zero-order valence-corrected chi connectivity index (χ0v) is 42.6. The van der Waals surface area contributed by atoms with E-state index in [4.69, 9.17) is 0 Å². The van der Waals surface area contributed by atoms with Crippen LogP contribution in [0.5, 0.6) is 0 Å². The summed E-state index contributed by atoms with van der Waals surface area (Å²) in [6.07, 6.45) is 4.59. The average Bonchev–Trinajstić information content (AvgIpc) is 4.27. The molecule has 6 aliphatic rings. The zero-order valence-electron chi connectivity index (χ0n) is 42.6. The number of carbonyl (C=O) groups excluding carboxylic acids is 8. The molecule has 6 fully saturated rings. The standard InChI is InChI=1S/C54H70N12O8/c1-31(55-3)47(67)61-43-29-63(25-23-37-19-21-45(65(37)51(43)71)49(69)59-41-27-39(41)33-11-7-5-8-12-33)53(73)57-35-15-17-36(18-16-35)58-54(74)64-26-24-38-20-22-46(50(70)60-42-28-40(42)34-13-9-6-10-14-34)66(38)52(72)44(30-64)62-48(68)32(2)56-4/h5-18,31-32,37-46,55-56H,19-30H2,1-4H3,(H,57,73)(H,58,74)(H,59,69)(H,60,70)(H,61,67)(H,62,68)/t31-,32-,37+,38+,39+,40+,41+,42+,43-,44-,45-,46-/m0/s1. The van der Waals surface area contributed by atoms with E-state index in [1.54, 1.807) is 62.0 Å². The minimum atomic E-state index is -1.12. The number of fused-ring (bicyclic) bond motifs is 2. The summed E-state index contributed by atoms with van der Waals surface area (Å²) in [4.78, 5) is 117. The number of urea groups is 2. The molecule has 0 spiro atoms. The van der Waals surface area contributed by atoms with Gasteiger partial charge in [-0.25, -0.2) is 9.59 Å². The second-order valence-corrected chi connectivity index (χ2v) is 20.8. The van der Waals surface area contributed by atoms with Crippen LogP contribution in [-0.2, 0) is 28.8 Å². The molecule has 0 radical (unpaired) electrons. The number of likely N-dealkylation sites (N-methyl/N-ethyl adjacent to an activating group) is 2. The Hall–Kier alpha value is -7.06. The number of nitrogens with zero attached hydrogens (tertiary/aromatic N) is 4. The molecule has 3 aromatic carbocycles. The highest BCUT2D eigenvalue weighted by atomic mass is 16.2. The van der Waals surface area contributed by atoms with E-state index >= 15 is 0 Å². The van der Waals surface area contributed by atoms with Gasteiger partial charge in [0.1, 0.15) is 24.2 Å². The van der Waals surface area contributed by atoms with Crippen molar-refractivity contribution < 1.29 is 38.4 Å². The van der Waals surface area contributed by atoms with Gasteiger partial charge in [-0.2, -0.15) is 0 Å². The molecule has 0 aromatic heterocycles. The van der Waals surface area contributed by atoms with Gasteiger partial charge in [-0.1, -0.05) is 60.7 Å². The van der Waals surface area contributed by atoms with Crippen molar-refractivity contribution in [1.29, 1.82) is 0 Å². The van der Waals surface area contributed by atoms with E-state index in [-0.39, 0.29) is 74.0 Å². The molecular weight excluding hydrogens is 945 g/mol. The zero-order chi connectivity index (χ0) is 52.2. The van der Waals surface area contributed by atoms with Crippen LogP contribution in [0.2, 0.25) is 0 Å². The van der Waals surface area contributed by atoms with Gasteiger partial charge in [0.2, 0.25) is 35.4 Å². The van der Waals surface area contributed by atoms with E-state index in [1.165, 1.54) is 9.80 Å². The number of carbonyl (C=O) groups is 8. The summed E-state index contributed by atoms with van der Waals surface area (Å²) in [5, 5.41) is 23.7. The monoisotopic (exact) mass is 1010 g/mol. The fraction of sp³-hybridized carbons (Fsp3) is 0.519. The third kappa shape index (κ3) is 11.7. The Morgan fingerprint density at radius 2 is 0.878 bits per heavy atom. The first-order chi connectivity index (χ1) is 35.7. The lowest BCUT2D eigenvalue weighted by Gasteiger charge is -2.39. The molecule has 4 heterocycles. The van der Waals surface area contributed by atoms with Crippen LogP contribution in [0.1, 0.15) is 88.2 Å². The van der Waals surface area contributed by atoms with E-state index in [1.807, 2.05) is 36.4 Å².